The molecule has 1 aromatic carbocycles. The molecule has 2 atom stereocenters. The molecule has 0 aromatic heterocycles. The predicted molar refractivity (Wildman–Crippen MR) is 73.7 cm³/mol. The van der Waals surface area contributed by atoms with E-state index in [4.69, 9.17) is 22.7 Å². The fourth-order valence-corrected chi connectivity index (χ4v) is 2.06. The highest BCUT2D eigenvalue weighted by Crippen LogP contribution is 2.33. The van der Waals surface area contributed by atoms with Crippen molar-refractivity contribution in [2.75, 3.05) is 6.61 Å². The molecule has 3 N–H and O–H groups in total. The molecule has 1 heterocycles. The molecule has 0 bridgehead atoms. The SMILES string of the molecule is CC(NC(=O)C1CCOc2ccccc21)C(N)=S. The van der Waals surface area contributed by atoms with Crippen molar-refractivity contribution in [1.82, 2.24) is 5.32 Å². The Morgan fingerprint density at radius 2 is 2.28 bits per heavy atom. The predicted octanol–water partition coefficient (Wildman–Crippen LogP) is 1.34. The van der Waals surface area contributed by atoms with Crippen molar-refractivity contribution in [3.05, 3.63) is 29.8 Å². The minimum atomic E-state index is -0.289. The van der Waals surface area contributed by atoms with E-state index in [1.807, 2.05) is 24.3 Å². The fourth-order valence-electron chi connectivity index (χ4n) is 2.00. The maximum atomic E-state index is 12.2. The van der Waals surface area contributed by atoms with Crippen LogP contribution in [0.15, 0.2) is 24.3 Å². The van der Waals surface area contributed by atoms with Crippen LogP contribution in [0.4, 0.5) is 0 Å². The maximum absolute atomic E-state index is 12.2. The summed E-state index contributed by atoms with van der Waals surface area (Å²) in [6.07, 6.45) is 0.674. The lowest BCUT2D eigenvalue weighted by Gasteiger charge is -2.26. The topological polar surface area (TPSA) is 64.3 Å². The van der Waals surface area contributed by atoms with Crippen LogP contribution in [-0.4, -0.2) is 23.5 Å². The van der Waals surface area contributed by atoms with Crippen LogP contribution in [0.5, 0.6) is 5.75 Å². The van der Waals surface area contributed by atoms with E-state index in [9.17, 15) is 4.79 Å². The number of carbonyl (C=O) groups is 1. The van der Waals surface area contributed by atoms with Gasteiger partial charge in [0.15, 0.2) is 0 Å². The van der Waals surface area contributed by atoms with Crippen LogP contribution >= 0.6 is 12.2 Å². The summed E-state index contributed by atoms with van der Waals surface area (Å²) in [4.78, 5) is 12.5. The second kappa shape index (κ2) is 5.35. The Bertz CT molecular complexity index is 476. The number of benzene rings is 1. The summed E-state index contributed by atoms with van der Waals surface area (Å²) in [6, 6.07) is 7.32. The first-order valence-electron chi connectivity index (χ1n) is 5.91. The van der Waals surface area contributed by atoms with Crippen molar-refractivity contribution in [3.8, 4) is 5.75 Å². The highest BCUT2D eigenvalue weighted by atomic mass is 32.1. The molecule has 0 saturated heterocycles. The van der Waals surface area contributed by atoms with Crippen molar-refractivity contribution >= 4 is 23.1 Å². The number of rotatable bonds is 3. The highest BCUT2D eigenvalue weighted by Gasteiger charge is 2.28. The molecule has 2 unspecified atom stereocenters. The van der Waals surface area contributed by atoms with E-state index >= 15 is 0 Å². The molecular formula is C13H16N2O2S. The van der Waals surface area contributed by atoms with E-state index in [0.717, 1.165) is 11.3 Å². The standard InChI is InChI=1S/C13H16N2O2S/c1-8(12(14)18)15-13(16)10-6-7-17-11-5-3-2-4-9(10)11/h2-5,8,10H,6-7H2,1H3,(H2,14,18)(H,15,16). The third-order valence-corrected chi connectivity index (χ3v) is 3.41. The van der Waals surface area contributed by atoms with Crippen molar-refractivity contribution in [2.45, 2.75) is 25.3 Å². The van der Waals surface area contributed by atoms with Gasteiger partial charge in [-0.25, -0.2) is 0 Å². The van der Waals surface area contributed by atoms with Crippen LogP contribution in [0, 0.1) is 0 Å². The van der Waals surface area contributed by atoms with Gasteiger partial charge in [0.1, 0.15) is 5.75 Å². The number of thiocarbonyl (C=S) groups is 1. The Kier molecular flexibility index (Phi) is 3.81. The van der Waals surface area contributed by atoms with Gasteiger partial charge in [0.25, 0.3) is 0 Å². The van der Waals surface area contributed by atoms with Gasteiger partial charge in [-0.15, -0.1) is 0 Å². The molecule has 1 aliphatic rings. The van der Waals surface area contributed by atoms with Crippen LogP contribution in [-0.2, 0) is 4.79 Å². The van der Waals surface area contributed by atoms with Gasteiger partial charge in [0, 0.05) is 5.56 Å². The number of para-hydroxylation sites is 1. The number of ether oxygens (including phenoxy) is 1. The number of fused-ring (bicyclic) bond motifs is 1. The maximum Gasteiger partial charge on any atom is 0.228 e. The van der Waals surface area contributed by atoms with Gasteiger partial charge in [0.05, 0.1) is 23.6 Å². The van der Waals surface area contributed by atoms with Gasteiger partial charge in [-0.2, -0.15) is 0 Å². The van der Waals surface area contributed by atoms with Gasteiger partial charge in [-0.05, 0) is 19.4 Å². The van der Waals surface area contributed by atoms with E-state index in [-0.39, 0.29) is 17.9 Å². The normalized spacial score (nSPS) is 19.3. The van der Waals surface area contributed by atoms with Gasteiger partial charge >= 0.3 is 0 Å². The largest absolute Gasteiger partial charge is 0.493 e. The van der Waals surface area contributed by atoms with Gasteiger partial charge in [0.2, 0.25) is 5.91 Å². The molecule has 0 aliphatic carbocycles. The smallest absolute Gasteiger partial charge is 0.228 e. The van der Waals surface area contributed by atoms with Crippen molar-refractivity contribution in [1.29, 1.82) is 0 Å². The Hall–Kier alpha value is -1.62. The summed E-state index contributed by atoms with van der Waals surface area (Å²) in [7, 11) is 0. The molecule has 2 rings (SSSR count). The highest BCUT2D eigenvalue weighted by molar-refractivity contribution is 7.80. The molecule has 18 heavy (non-hydrogen) atoms. The van der Waals surface area contributed by atoms with E-state index < -0.39 is 0 Å². The quantitative estimate of drug-likeness (QED) is 0.809. The molecule has 0 spiro atoms. The molecule has 1 aliphatic heterocycles. The van der Waals surface area contributed by atoms with Crippen molar-refractivity contribution in [3.63, 3.8) is 0 Å². The van der Waals surface area contributed by atoms with E-state index in [0.29, 0.717) is 18.0 Å². The minimum absolute atomic E-state index is 0.0500. The Labute approximate surface area is 112 Å². The number of amides is 1. The lowest BCUT2D eigenvalue weighted by atomic mass is 9.92. The number of carbonyl (C=O) groups excluding carboxylic acids is 1. The zero-order valence-corrected chi connectivity index (χ0v) is 11.0. The molecule has 0 fully saturated rings. The molecule has 96 valence electrons. The summed E-state index contributed by atoms with van der Waals surface area (Å²) in [5.41, 5.74) is 6.43. The minimum Gasteiger partial charge on any atom is -0.493 e. The third-order valence-electron chi connectivity index (χ3n) is 3.06. The zero-order chi connectivity index (χ0) is 13.1. The molecule has 0 saturated carbocycles. The first kappa shape index (κ1) is 12.8. The van der Waals surface area contributed by atoms with Gasteiger partial charge in [-0.3, -0.25) is 4.79 Å². The Balaban J connectivity index is 2.15. The second-order valence-electron chi connectivity index (χ2n) is 4.36. The number of hydrogen-bond donors (Lipinski definition) is 2. The third kappa shape index (κ3) is 2.61. The number of nitrogens with one attached hydrogen (secondary N) is 1. The molecule has 0 radical (unpaired) electrons. The summed E-state index contributed by atoms with van der Waals surface area (Å²) >= 11 is 4.85. The monoisotopic (exact) mass is 264 g/mol. The Morgan fingerprint density at radius 1 is 1.56 bits per heavy atom. The average Bonchev–Trinajstić information content (AvgIpc) is 2.37. The summed E-state index contributed by atoms with van der Waals surface area (Å²) in [5.74, 6) is 0.546. The lowest BCUT2D eigenvalue weighted by Crippen LogP contribution is -2.44. The average molecular weight is 264 g/mol. The van der Waals surface area contributed by atoms with E-state index in [1.54, 1.807) is 6.92 Å². The first-order valence-corrected chi connectivity index (χ1v) is 6.32. The summed E-state index contributed by atoms with van der Waals surface area (Å²) in [6.45, 7) is 2.34. The molecule has 1 amide bonds. The second-order valence-corrected chi connectivity index (χ2v) is 4.83. The van der Waals surface area contributed by atoms with E-state index in [1.165, 1.54) is 0 Å². The van der Waals surface area contributed by atoms with E-state index in [2.05, 4.69) is 5.32 Å². The van der Waals surface area contributed by atoms with Crippen LogP contribution in [0.25, 0.3) is 0 Å². The Morgan fingerprint density at radius 3 is 3.00 bits per heavy atom. The number of hydrogen-bond acceptors (Lipinski definition) is 3. The van der Waals surface area contributed by atoms with Crippen molar-refractivity contribution in [2.24, 2.45) is 5.73 Å². The van der Waals surface area contributed by atoms with Crippen LogP contribution < -0.4 is 15.8 Å². The first-order chi connectivity index (χ1) is 8.59. The van der Waals surface area contributed by atoms with Gasteiger partial charge in [-0.1, -0.05) is 30.4 Å². The number of nitrogens with two attached hydrogens (primary N) is 1. The van der Waals surface area contributed by atoms with Crippen molar-refractivity contribution < 1.29 is 9.53 Å². The van der Waals surface area contributed by atoms with Crippen LogP contribution in [0.1, 0.15) is 24.8 Å². The molecule has 5 heteroatoms. The fraction of sp³-hybridized carbons (Fsp3) is 0.385. The molecular weight excluding hydrogens is 248 g/mol. The summed E-state index contributed by atoms with van der Waals surface area (Å²) in [5, 5.41) is 2.83. The van der Waals surface area contributed by atoms with Crippen LogP contribution in [0.2, 0.25) is 0 Å². The van der Waals surface area contributed by atoms with Crippen LogP contribution in [0.3, 0.4) is 0 Å². The zero-order valence-electron chi connectivity index (χ0n) is 10.2. The molecule has 1 aromatic rings. The molecule has 4 nitrogen and oxygen atoms in total. The lowest BCUT2D eigenvalue weighted by molar-refractivity contribution is -0.123. The van der Waals surface area contributed by atoms with Gasteiger partial charge < -0.3 is 15.8 Å². The summed E-state index contributed by atoms with van der Waals surface area (Å²) < 4.78 is 5.53.